The number of carbonyl (C=O) groups excluding carboxylic acids is 1. The van der Waals surface area contributed by atoms with Gasteiger partial charge in [0.1, 0.15) is 0 Å². The van der Waals surface area contributed by atoms with Crippen LogP contribution >= 0.6 is 0 Å². The van der Waals surface area contributed by atoms with Crippen molar-refractivity contribution in [1.82, 2.24) is 0 Å². The van der Waals surface area contributed by atoms with Gasteiger partial charge < -0.3 is 20.6 Å². The molecule has 0 spiro atoms. The molecule has 1 aromatic carbocycles. The van der Waals surface area contributed by atoms with Gasteiger partial charge >= 0.3 is 5.97 Å². The topological polar surface area (TPSA) is 107 Å². The maximum absolute atomic E-state index is 11.0. The summed E-state index contributed by atoms with van der Waals surface area (Å²) in [6.45, 7) is 0.897. The summed E-state index contributed by atoms with van der Waals surface area (Å²) in [6, 6.07) is 4.19. The van der Waals surface area contributed by atoms with E-state index in [-0.39, 0.29) is 17.9 Å². The van der Waals surface area contributed by atoms with E-state index in [4.69, 9.17) is 10.2 Å². The minimum absolute atomic E-state index is 0.0595. The SMILES string of the molecule is CC(=O)Nc1ccc(C(=O)O)cc1CC(O)CO. The molecule has 98 valence electrons. The molecule has 0 fully saturated rings. The fourth-order valence-corrected chi connectivity index (χ4v) is 1.53. The molecule has 4 N–H and O–H groups in total. The number of carbonyl (C=O) groups is 2. The predicted octanol–water partition coefficient (Wildman–Crippen LogP) is 0.239. The highest BCUT2D eigenvalue weighted by atomic mass is 16.4. The monoisotopic (exact) mass is 253 g/mol. The van der Waals surface area contributed by atoms with Crippen molar-refractivity contribution in [3.05, 3.63) is 29.3 Å². The normalized spacial score (nSPS) is 11.9. The Kier molecular flexibility index (Phi) is 4.82. The molecule has 1 rings (SSSR count). The third kappa shape index (κ3) is 3.83. The zero-order valence-electron chi connectivity index (χ0n) is 9.88. The van der Waals surface area contributed by atoms with E-state index in [1.807, 2.05) is 0 Å². The fraction of sp³-hybridized carbons (Fsp3) is 0.333. The Labute approximate surface area is 104 Å². The molecule has 0 saturated carbocycles. The number of hydrogen-bond donors (Lipinski definition) is 4. The zero-order valence-corrected chi connectivity index (χ0v) is 9.88. The lowest BCUT2D eigenvalue weighted by atomic mass is 10.0. The molecule has 6 heteroatoms. The van der Waals surface area contributed by atoms with Crippen LogP contribution in [0.15, 0.2) is 18.2 Å². The summed E-state index contributed by atoms with van der Waals surface area (Å²) in [5.74, 6) is -1.39. The zero-order chi connectivity index (χ0) is 13.7. The molecular formula is C12H15NO5. The Hall–Kier alpha value is -1.92. The summed E-state index contributed by atoms with van der Waals surface area (Å²) in [4.78, 5) is 21.8. The third-order valence-corrected chi connectivity index (χ3v) is 2.33. The number of rotatable bonds is 5. The molecule has 0 bridgehead atoms. The molecule has 0 aliphatic carbocycles. The number of hydrogen-bond acceptors (Lipinski definition) is 4. The number of aliphatic hydroxyl groups excluding tert-OH is 2. The number of benzene rings is 1. The second-order valence-electron chi connectivity index (χ2n) is 3.90. The molecule has 0 radical (unpaired) electrons. The van der Waals surface area contributed by atoms with Crippen molar-refractivity contribution in [3.8, 4) is 0 Å². The van der Waals surface area contributed by atoms with Crippen LogP contribution in [-0.4, -0.2) is 39.9 Å². The number of carboxylic acids is 1. The summed E-state index contributed by atoms with van der Waals surface area (Å²) >= 11 is 0. The standard InChI is InChI=1S/C12H15NO5/c1-7(15)13-11-3-2-8(12(17)18)4-9(11)5-10(16)6-14/h2-4,10,14,16H,5-6H2,1H3,(H,13,15)(H,17,18). The maximum atomic E-state index is 11.0. The van der Waals surface area contributed by atoms with Gasteiger partial charge in [0.05, 0.1) is 18.3 Å². The summed E-state index contributed by atoms with van der Waals surface area (Å²) in [6.07, 6.45) is -0.936. The van der Waals surface area contributed by atoms with Crippen LogP contribution in [-0.2, 0) is 11.2 Å². The Bertz CT molecular complexity index is 458. The van der Waals surface area contributed by atoms with E-state index in [0.29, 0.717) is 11.3 Å². The highest BCUT2D eigenvalue weighted by molar-refractivity contribution is 5.92. The van der Waals surface area contributed by atoms with Crippen LogP contribution in [0.3, 0.4) is 0 Å². The smallest absolute Gasteiger partial charge is 0.335 e. The molecule has 18 heavy (non-hydrogen) atoms. The summed E-state index contributed by atoms with van der Waals surface area (Å²) < 4.78 is 0. The number of nitrogens with one attached hydrogen (secondary N) is 1. The molecular weight excluding hydrogens is 238 g/mol. The number of aromatic carboxylic acids is 1. The molecule has 0 heterocycles. The molecule has 0 saturated heterocycles. The van der Waals surface area contributed by atoms with E-state index >= 15 is 0 Å². The number of anilines is 1. The molecule has 1 unspecified atom stereocenters. The second kappa shape index (κ2) is 6.13. The van der Waals surface area contributed by atoms with Crippen LogP contribution in [0.2, 0.25) is 0 Å². The van der Waals surface area contributed by atoms with Gasteiger partial charge in [-0.25, -0.2) is 4.79 Å². The molecule has 1 amide bonds. The van der Waals surface area contributed by atoms with Gasteiger partial charge in [0.25, 0.3) is 0 Å². The Balaban J connectivity index is 3.08. The molecule has 1 atom stereocenters. The van der Waals surface area contributed by atoms with Crippen molar-refractivity contribution in [2.45, 2.75) is 19.4 Å². The maximum Gasteiger partial charge on any atom is 0.335 e. The van der Waals surface area contributed by atoms with Crippen LogP contribution in [0.4, 0.5) is 5.69 Å². The van der Waals surface area contributed by atoms with Crippen molar-refractivity contribution < 1.29 is 24.9 Å². The van der Waals surface area contributed by atoms with Gasteiger partial charge in [-0.05, 0) is 23.8 Å². The van der Waals surface area contributed by atoms with Crippen LogP contribution in [0.25, 0.3) is 0 Å². The first-order valence-electron chi connectivity index (χ1n) is 5.36. The van der Waals surface area contributed by atoms with Crippen molar-refractivity contribution in [2.24, 2.45) is 0 Å². The van der Waals surface area contributed by atoms with Gasteiger partial charge in [-0.15, -0.1) is 0 Å². The van der Waals surface area contributed by atoms with E-state index in [2.05, 4.69) is 5.32 Å². The average Bonchev–Trinajstić information content (AvgIpc) is 2.30. The van der Waals surface area contributed by atoms with E-state index in [1.165, 1.54) is 25.1 Å². The first kappa shape index (κ1) is 14.1. The fourth-order valence-electron chi connectivity index (χ4n) is 1.53. The van der Waals surface area contributed by atoms with Crippen LogP contribution < -0.4 is 5.32 Å². The lowest BCUT2D eigenvalue weighted by Crippen LogP contribution is -2.18. The highest BCUT2D eigenvalue weighted by Crippen LogP contribution is 2.19. The molecule has 0 aromatic heterocycles. The van der Waals surface area contributed by atoms with Crippen molar-refractivity contribution >= 4 is 17.6 Å². The number of carboxylic acid groups (broad SMARTS) is 1. The number of amides is 1. The first-order valence-corrected chi connectivity index (χ1v) is 5.36. The molecule has 0 aliphatic heterocycles. The van der Waals surface area contributed by atoms with Crippen molar-refractivity contribution in [3.63, 3.8) is 0 Å². The summed E-state index contributed by atoms with van der Waals surface area (Å²) in [7, 11) is 0. The second-order valence-corrected chi connectivity index (χ2v) is 3.90. The predicted molar refractivity (Wildman–Crippen MR) is 64.5 cm³/mol. The van der Waals surface area contributed by atoms with Gasteiger partial charge in [0.2, 0.25) is 5.91 Å². The molecule has 6 nitrogen and oxygen atoms in total. The Morgan fingerprint density at radius 1 is 1.39 bits per heavy atom. The van der Waals surface area contributed by atoms with E-state index in [9.17, 15) is 14.7 Å². The summed E-state index contributed by atoms with van der Waals surface area (Å²) in [5.41, 5.74) is 0.955. The van der Waals surface area contributed by atoms with Gasteiger partial charge in [0.15, 0.2) is 0 Å². The van der Waals surface area contributed by atoms with E-state index in [0.717, 1.165) is 0 Å². The van der Waals surface area contributed by atoms with Gasteiger partial charge in [-0.1, -0.05) is 0 Å². The number of aliphatic hydroxyl groups is 2. The lowest BCUT2D eigenvalue weighted by Gasteiger charge is -2.13. The van der Waals surface area contributed by atoms with E-state index < -0.39 is 18.7 Å². The van der Waals surface area contributed by atoms with Gasteiger partial charge in [-0.3, -0.25) is 4.79 Å². The summed E-state index contributed by atoms with van der Waals surface area (Å²) in [5, 5.41) is 29.6. The highest BCUT2D eigenvalue weighted by Gasteiger charge is 2.12. The minimum atomic E-state index is -1.09. The van der Waals surface area contributed by atoms with Crippen molar-refractivity contribution in [1.29, 1.82) is 0 Å². The lowest BCUT2D eigenvalue weighted by molar-refractivity contribution is -0.114. The van der Waals surface area contributed by atoms with Crippen molar-refractivity contribution in [2.75, 3.05) is 11.9 Å². The van der Waals surface area contributed by atoms with Crippen LogP contribution in [0, 0.1) is 0 Å². The van der Waals surface area contributed by atoms with Crippen LogP contribution in [0.5, 0.6) is 0 Å². The average molecular weight is 253 g/mol. The van der Waals surface area contributed by atoms with E-state index in [1.54, 1.807) is 0 Å². The molecule has 1 aromatic rings. The third-order valence-electron chi connectivity index (χ3n) is 2.33. The minimum Gasteiger partial charge on any atom is -0.478 e. The van der Waals surface area contributed by atoms with Gasteiger partial charge in [0, 0.05) is 19.0 Å². The Morgan fingerprint density at radius 2 is 2.06 bits per heavy atom. The van der Waals surface area contributed by atoms with Gasteiger partial charge in [-0.2, -0.15) is 0 Å². The largest absolute Gasteiger partial charge is 0.478 e. The van der Waals surface area contributed by atoms with Crippen LogP contribution in [0.1, 0.15) is 22.8 Å². The first-order chi connectivity index (χ1) is 8.43. The molecule has 0 aliphatic rings. The quantitative estimate of drug-likeness (QED) is 0.601. The Morgan fingerprint density at radius 3 is 2.56 bits per heavy atom.